The zero-order valence-corrected chi connectivity index (χ0v) is 13.5. The highest BCUT2D eigenvalue weighted by atomic mass is 16.5. The molecule has 3 heteroatoms. The van der Waals surface area contributed by atoms with Crippen LogP contribution in [0.5, 0.6) is 0 Å². The molecule has 112 valence electrons. The highest BCUT2D eigenvalue weighted by molar-refractivity contribution is 5.13. The van der Waals surface area contributed by atoms with Gasteiger partial charge in [-0.25, -0.2) is 0 Å². The molecule has 1 atom stereocenters. The molecule has 0 radical (unpaired) electrons. The number of rotatable bonds is 6. The van der Waals surface area contributed by atoms with Gasteiger partial charge in [-0.3, -0.25) is 4.90 Å². The van der Waals surface area contributed by atoms with Gasteiger partial charge in [-0.05, 0) is 65.8 Å². The molecule has 0 aromatic heterocycles. The fourth-order valence-electron chi connectivity index (χ4n) is 4.04. The Kier molecular flexibility index (Phi) is 4.03. The van der Waals surface area contributed by atoms with E-state index in [1.54, 1.807) is 0 Å². The Balaban J connectivity index is 2.27. The molecule has 1 saturated heterocycles. The van der Waals surface area contributed by atoms with Crippen LogP contribution in [-0.4, -0.2) is 41.3 Å². The van der Waals surface area contributed by atoms with Gasteiger partial charge in [-0.15, -0.1) is 0 Å². The molecule has 0 aromatic carbocycles. The van der Waals surface area contributed by atoms with Gasteiger partial charge in [0.1, 0.15) is 0 Å². The average molecular weight is 268 g/mol. The van der Waals surface area contributed by atoms with Crippen LogP contribution in [0.15, 0.2) is 0 Å². The maximum absolute atomic E-state index is 6.35. The van der Waals surface area contributed by atoms with Gasteiger partial charge in [0.15, 0.2) is 0 Å². The Bertz CT molecular complexity index is 323. The summed E-state index contributed by atoms with van der Waals surface area (Å²) in [4.78, 5) is 2.65. The Hall–Kier alpha value is -0.120. The highest BCUT2D eigenvalue weighted by Gasteiger charge is 2.59. The van der Waals surface area contributed by atoms with E-state index in [2.05, 4.69) is 39.5 Å². The van der Waals surface area contributed by atoms with Crippen molar-refractivity contribution in [2.45, 2.75) is 77.0 Å². The Morgan fingerprint density at radius 1 is 1.21 bits per heavy atom. The molecule has 1 aliphatic heterocycles. The third-order valence-corrected chi connectivity index (χ3v) is 4.98. The summed E-state index contributed by atoms with van der Waals surface area (Å²) in [5, 5.41) is 0. The molecule has 2 aliphatic rings. The minimum absolute atomic E-state index is 0.00486. The first kappa shape index (κ1) is 15.3. The van der Waals surface area contributed by atoms with Crippen molar-refractivity contribution >= 4 is 0 Å². The molecule has 1 saturated carbocycles. The molecule has 2 rings (SSSR count). The average Bonchev–Trinajstić information content (AvgIpc) is 3.04. The Labute approximate surface area is 118 Å². The van der Waals surface area contributed by atoms with Crippen molar-refractivity contribution < 1.29 is 4.74 Å². The molecule has 0 spiro atoms. The molecule has 0 amide bonds. The summed E-state index contributed by atoms with van der Waals surface area (Å²) in [6.45, 7) is 14.1. The van der Waals surface area contributed by atoms with E-state index < -0.39 is 0 Å². The lowest BCUT2D eigenvalue weighted by Crippen LogP contribution is -2.64. The maximum Gasteiger partial charge on any atom is 0.0830 e. The molecule has 1 unspecified atom stereocenters. The fraction of sp³-hybridized carbons (Fsp3) is 1.00. The van der Waals surface area contributed by atoms with Gasteiger partial charge >= 0.3 is 0 Å². The first-order valence-corrected chi connectivity index (χ1v) is 7.92. The molecule has 2 N–H and O–H groups in total. The van der Waals surface area contributed by atoms with Crippen LogP contribution < -0.4 is 5.73 Å². The van der Waals surface area contributed by atoms with Gasteiger partial charge < -0.3 is 10.5 Å². The third kappa shape index (κ3) is 2.84. The fourth-order valence-corrected chi connectivity index (χ4v) is 4.04. The standard InChI is InChI=1S/C16H32N2O/c1-6-9-18(10-13-7-8-13)16(12-17)11-14(2,3)19-15(16,4)5/h13H,6-12,17H2,1-5H3. The van der Waals surface area contributed by atoms with Crippen molar-refractivity contribution in [3.05, 3.63) is 0 Å². The van der Waals surface area contributed by atoms with Crippen molar-refractivity contribution in [3.63, 3.8) is 0 Å². The number of hydrogen-bond donors (Lipinski definition) is 1. The van der Waals surface area contributed by atoms with Gasteiger partial charge in [-0.1, -0.05) is 6.92 Å². The largest absolute Gasteiger partial charge is 0.368 e. The van der Waals surface area contributed by atoms with Crippen LogP contribution in [0.3, 0.4) is 0 Å². The lowest BCUT2D eigenvalue weighted by molar-refractivity contribution is -0.104. The summed E-state index contributed by atoms with van der Waals surface area (Å²) in [6.07, 6.45) is 5.01. The van der Waals surface area contributed by atoms with Crippen molar-refractivity contribution in [3.8, 4) is 0 Å². The van der Waals surface area contributed by atoms with Crippen molar-refractivity contribution in [2.75, 3.05) is 19.6 Å². The highest BCUT2D eigenvalue weighted by Crippen LogP contribution is 2.49. The maximum atomic E-state index is 6.35. The molecule has 0 aromatic rings. The summed E-state index contributed by atoms with van der Waals surface area (Å²) in [6, 6.07) is 0. The summed E-state index contributed by atoms with van der Waals surface area (Å²) in [5.74, 6) is 0.898. The summed E-state index contributed by atoms with van der Waals surface area (Å²) in [7, 11) is 0. The van der Waals surface area contributed by atoms with Gasteiger partial charge in [-0.2, -0.15) is 0 Å². The molecule has 3 nitrogen and oxygen atoms in total. The molecular weight excluding hydrogens is 236 g/mol. The van der Waals surface area contributed by atoms with Crippen LogP contribution in [0.1, 0.15) is 60.3 Å². The van der Waals surface area contributed by atoms with Crippen LogP contribution in [-0.2, 0) is 4.74 Å². The Morgan fingerprint density at radius 3 is 2.21 bits per heavy atom. The summed E-state index contributed by atoms with van der Waals surface area (Å²) in [5.41, 5.74) is 6.02. The van der Waals surface area contributed by atoms with Crippen LogP contribution >= 0.6 is 0 Å². The van der Waals surface area contributed by atoms with E-state index in [-0.39, 0.29) is 16.7 Å². The Morgan fingerprint density at radius 2 is 1.84 bits per heavy atom. The molecule has 1 heterocycles. The zero-order chi connectivity index (χ0) is 14.3. The van der Waals surface area contributed by atoms with Gasteiger partial charge in [0.05, 0.1) is 16.7 Å². The monoisotopic (exact) mass is 268 g/mol. The lowest BCUT2D eigenvalue weighted by Gasteiger charge is -2.48. The topological polar surface area (TPSA) is 38.5 Å². The van der Waals surface area contributed by atoms with E-state index in [0.29, 0.717) is 6.54 Å². The predicted octanol–water partition coefficient (Wildman–Crippen LogP) is 2.78. The van der Waals surface area contributed by atoms with Crippen molar-refractivity contribution in [1.82, 2.24) is 4.90 Å². The molecular formula is C16H32N2O. The second-order valence-electron chi connectivity index (χ2n) is 7.67. The van der Waals surface area contributed by atoms with Gasteiger partial charge in [0, 0.05) is 13.1 Å². The quantitative estimate of drug-likeness (QED) is 0.805. The summed E-state index contributed by atoms with van der Waals surface area (Å²) < 4.78 is 6.35. The van der Waals surface area contributed by atoms with Crippen LogP contribution in [0.4, 0.5) is 0 Å². The minimum Gasteiger partial charge on any atom is -0.368 e. The molecule has 0 bridgehead atoms. The number of nitrogens with zero attached hydrogens (tertiary/aromatic N) is 1. The zero-order valence-electron chi connectivity index (χ0n) is 13.5. The van der Waals surface area contributed by atoms with Gasteiger partial charge in [0.2, 0.25) is 0 Å². The molecule has 2 fully saturated rings. The van der Waals surface area contributed by atoms with E-state index in [1.165, 1.54) is 25.8 Å². The van der Waals surface area contributed by atoms with E-state index in [9.17, 15) is 0 Å². The number of hydrogen-bond acceptors (Lipinski definition) is 3. The van der Waals surface area contributed by atoms with Crippen molar-refractivity contribution in [1.29, 1.82) is 0 Å². The predicted molar refractivity (Wildman–Crippen MR) is 80.2 cm³/mol. The summed E-state index contributed by atoms with van der Waals surface area (Å²) >= 11 is 0. The SMILES string of the molecule is CCCN(CC1CC1)C1(CN)CC(C)(C)OC1(C)C. The minimum atomic E-state index is -0.171. The van der Waals surface area contributed by atoms with Crippen molar-refractivity contribution in [2.24, 2.45) is 11.7 Å². The lowest BCUT2D eigenvalue weighted by atomic mass is 9.77. The van der Waals surface area contributed by atoms with Crippen LogP contribution in [0, 0.1) is 5.92 Å². The molecule has 1 aliphatic carbocycles. The van der Waals surface area contributed by atoms with E-state index >= 15 is 0 Å². The first-order chi connectivity index (χ1) is 8.76. The van der Waals surface area contributed by atoms with Gasteiger partial charge in [0.25, 0.3) is 0 Å². The van der Waals surface area contributed by atoms with E-state index in [0.717, 1.165) is 18.9 Å². The number of ether oxygens (including phenoxy) is 1. The first-order valence-electron chi connectivity index (χ1n) is 7.92. The van der Waals surface area contributed by atoms with E-state index in [4.69, 9.17) is 10.5 Å². The van der Waals surface area contributed by atoms with Crippen LogP contribution in [0.2, 0.25) is 0 Å². The molecule has 19 heavy (non-hydrogen) atoms. The normalized spacial score (nSPS) is 33.0. The second-order valence-corrected chi connectivity index (χ2v) is 7.67. The van der Waals surface area contributed by atoms with Crippen LogP contribution in [0.25, 0.3) is 0 Å². The second kappa shape index (κ2) is 5.01. The van der Waals surface area contributed by atoms with E-state index in [1.807, 2.05) is 0 Å². The third-order valence-electron chi connectivity index (χ3n) is 4.98. The smallest absolute Gasteiger partial charge is 0.0830 e. The number of nitrogens with two attached hydrogens (primary N) is 1.